The van der Waals surface area contributed by atoms with Crippen molar-refractivity contribution >= 4 is 6.09 Å². The molecule has 0 aliphatic heterocycles. The van der Waals surface area contributed by atoms with Gasteiger partial charge in [0, 0.05) is 11.6 Å². The number of nitrogens with one attached hydrogen (secondary N) is 1. The van der Waals surface area contributed by atoms with Crippen molar-refractivity contribution in [2.45, 2.75) is 77.0 Å². The van der Waals surface area contributed by atoms with Crippen molar-refractivity contribution in [3.63, 3.8) is 0 Å². The van der Waals surface area contributed by atoms with Gasteiger partial charge in [0.25, 0.3) is 0 Å². The summed E-state index contributed by atoms with van der Waals surface area (Å²) in [4.78, 5) is 10.7. The van der Waals surface area contributed by atoms with Crippen LogP contribution in [0.25, 0.3) is 0 Å². The Morgan fingerprint density at radius 1 is 1.35 bits per heavy atom. The summed E-state index contributed by atoms with van der Waals surface area (Å²) >= 11 is 0. The smallest absolute Gasteiger partial charge is 0.404 e. The fourth-order valence-electron chi connectivity index (χ4n) is 2.98. The largest absolute Gasteiger partial charge is 0.450 e. The van der Waals surface area contributed by atoms with Gasteiger partial charge in [0.2, 0.25) is 0 Å². The van der Waals surface area contributed by atoms with Crippen LogP contribution in [0.4, 0.5) is 4.79 Å². The highest BCUT2D eigenvalue weighted by Gasteiger charge is 2.31. The molecule has 5 nitrogen and oxygen atoms in total. The molecule has 1 aliphatic rings. The molecule has 2 unspecified atom stereocenters. The lowest BCUT2D eigenvalue weighted by atomic mass is 9.81. The number of aliphatic hydroxyl groups excluding tert-OH is 1. The number of amides is 1. The Hall–Kier alpha value is -0.810. The van der Waals surface area contributed by atoms with Crippen LogP contribution in [0.1, 0.15) is 59.3 Å². The lowest BCUT2D eigenvalue weighted by Crippen LogP contribution is -2.52. The number of carbonyl (C=O) groups excluding carboxylic acids is 1. The van der Waals surface area contributed by atoms with Crippen molar-refractivity contribution in [3.05, 3.63) is 0 Å². The highest BCUT2D eigenvalue weighted by Crippen LogP contribution is 2.29. The SMILES string of the molecule is CC(C)(C)NC(CCOC(N)=O)C(O)C1CCCCC1. The summed E-state index contributed by atoms with van der Waals surface area (Å²) in [5.41, 5.74) is 4.89. The highest BCUT2D eigenvalue weighted by molar-refractivity contribution is 5.64. The van der Waals surface area contributed by atoms with Crippen LogP contribution in [0.3, 0.4) is 0 Å². The zero-order valence-electron chi connectivity index (χ0n) is 13.0. The van der Waals surface area contributed by atoms with Crippen LogP contribution in [0, 0.1) is 5.92 Å². The molecule has 1 saturated carbocycles. The minimum Gasteiger partial charge on any atom is -0.450 e. The van der Waals surface area contributed by atoms with E-state index in [1.807, 2.05) is 0 Å². The third-order valence-corrected chi connectivity index (χ3v) is 3.84. The standard InChI is InChI=1S/C15H30N2O3/c1-15(2,3)17-12(9-10-20-14(16)19)13(18)11-7-5-4-6-8-11/h11-13,17-18H,4-10H2,1-3H3,(H2,16,19). The third kappa shape index (κ3) is 6.57. The molecule has 0 radical (unpaired) electrons. The molecule has 118 valence electrons. The zero-order valence-corrected chi connectivity index (χ0v) is 13.0. The number of aliphatic hydroxyl groups is 1. The predicted molar refractivity (Wildman–Crippen MR) is 79.4 cm³/mol. The molecule has 5 heteroatoms. The molecule has 0 aromatic carbocycles. The van der Waals surface area contributed by atoms with Gasteiger partial charge in [-0.05, 0) is 46.0 Å². The van der Waals surface area contributed by atoms with Gasteiger partial charge in [0.1, 0.15) is 0 Å². The lowest BCUT2D eigenvalue weighted by molar-refractivity contribution is 0.0311. The normalized spacial score (nSPS) is 20.4. The number of hydrogen-bond acceptors (Lipinski definition) is 4. The second-order valence-corrected chi connectivity index (χ2v) is 6.85. The molecule has 4 N–H and O–H groups in total. The molecular weight excluding hydrogens is 256 g/mol. The molecule has 1 rings (SSSR count). The Balaban J connectivity index is 2.56. The number of carbonyl (C=O) groups is 1. The van der Waals surface area contributed by atoms with Crippen LogP contribution in [0.2, 0.25) is 0 Å². The van der Waals surface area contributed by atoms with E-state index in [4.69, 9.17) is 10.5 Å². The molecule has 0 aromatic heterocycles. The van der Waals surface area contributed by atoms with Crippen LogP contribution in [0.5, 0.6) is 0 Å². The number of primary amides is 1. The molecule has 0 spiro atoms. The first kappa shape index (κ1) is 17.2. The fraction of sp³-hybridized carbons (Fsp3) is 0.933. The first-order chi connectivity index (χ1) is 9.29. The molecule has 20 heavy (non-hydrogen) atoms. The Bertz CT molecular complexity index is 296. The summed E-state index contributed by atoms with van der Waals surface area (Å²) < 4.78 is 4.81. The van der Waals surface area contributed by atoms with Gasteiger partial charge in [0.05, 0.1) is 12.7 Å². The Kier molecular flexibility index (Phi) is 6.76. The summed E-state index contributed by atoms with van der Waals surface area (Å²) in [7, 11) is 0. The van der Waals surface area contributed by atoms with E-state index < -0.39 is 12.2 Å². The fourth-order valence-corrected chi connectivity index (χ4v) is 2.98. The summed E-state index contributed by atoms with van der Waals surface area (Å²) in [6, 6.07) is -0.0718. The molecule has 1 amide bonds. The number of ether oxygens (including phenoxy) is 1. The van der Waals surface area contributed by atoms with Crippen LogP contribution in [0.15, 0.2) is 0 Å². The van der Waals surface area contributed by atoms with Gasteiger partial charge < -0.3 is 20.9 Å². The van der Waals surface area contributed by atoms with Crippen molar-refractivity contribution in [1.29, 1.82) is 0 Å². The Morgan fingerprint density at radius 2 is 1.95 bits per heavy atom. The van der Waals surface area contributed by atoms with Crippen molar-refractivity contribution in [2.24, 2.45) is 11.7 Å². The molecule has 1 fully saturated rings. The average molecular weight is 286 g/mol. The van der Waals surface area contributed by atoms with Crippen LogP contribution < -0.4 is 11.1 Å². The van der Waals surface area contributed by atoms with Crippen molar-refractivity contribution in [1.82, 2.24) is 5.32 Å². The van der Waals surface area contributed by atoms with Crippen LogP contribution >= 0.6 is 0 Å². The maximum atomic E-state index is 10.7. The van der Waals surface area contributed by atoms with E-state index in [9.17, 15) is 9.90 Å². The first-order valence-corrected chi connectivity index (χ1v) is 7.67. The molecular formula is C15H30N2O3. The zero-order chi connectivity index (χ0) is 15.2. The van der Waals surface area contributed by atoms with E-state index in [2.05, 4.69) is 26.1 Å². The second kappa shape index (κ2) is 7.84. The Labute approximate surface area is 122 Å². The average Bonchev–Trinajstić information content (AvgIpc) is 2.36. The molecule has 0 bridgehead atoms. The maximum Gasteiger partial charge on any atom is 0.404 e. The van der Waals surface area contributed by atoms with E-state index in [1.54, 1.807) is 0 Å². The molecule has 0 heterocycles. The van der Waals surface area contributed by atoms with E-state index >= 15 is 0 Å². The summed E-state index contributed by atoms with van der Waals surface area (Å²) in [5.74, 6) is 0.345. The van der Waals surface area contributed by atoms with Gasteiger partial charge >= 0.3 is 6.09 Å². The van der Waals surface area contributed by atoms with Gasteiger partial charge in [-0.2, -0.15) is 0 Å². The lowest BCUT2D eigenvalue weighted by Gasteiger charge is -2.36. The van der Waals surface area contributed by atoms with Crippen LogP contribution in [-0.4, -0.2) is 35.5 Å². The number of rotatable bonds is 6. The van der Waals surface area contributed by atoms with Crippen molar-refractivity contribution in [2.75, 3.05) is 6.61 Å². The minimum atomic E-state index is -0.758. The Morgan fingerprint density at radius 3 is 2.45 bits per heavy atom. The topological polar surface area (TPSA) is 84.6 Å². The maximum absolute atomic E-state index is 10.7. The molecule has 2 atom stereocenters. The number of nitrogens with two attached hydrogens (primary N) is 1. The molecule has 1 aliphatic carbocycles. The van der Waals surface area contributed by atoms with Crippen molar-refractivity contribution < 1.29 is 14.6 Å². The predicted octanol–water partition coefficient (Wildman–Crippen LogP) is 2.17. The quantitative estimate of drug-likeness (QED) is 0.698. The van der Waals surface area contributed by atoms with E-state index in [-0.39, 0.29) is 18.2 Å². The van der Waals surface area contributed by atoms with Gasteiger partial charge in [-0.3, -0.25) is 0 Å². The van der Waals surface area contributed by atoms with Gasteiger partial charge in [-0.1, -0.05) is 19.3 Å². The summed E-state index contributed by atoms with van der Waals surface area (Å²) in [6.07, 6.45) is 5.25. The monoisotopic (exact) mass is 286 g/mol. The van der Waals surface area contributed by atoms with E-state index in [0.29, 0.717) is 12.3 Å². The van der Waals surface area contributed by atoms with E-state index in [0.717, 1.165) is 12.8 Å². The first-order valence-electron chi connectivity index (χ1n) is 7.67. The third-order valence-electron chi connectivity index (χ3n) is 3.84. The molecule has 0 saturated heterocycles. The summed E-state index contributed by atoms with van der Waals surface area (Å²) in [5, 5.41) is 14.1. The number of hydrogen-bond donors (Lipinski definition) is 3. The minimum absolute atomic E-state index is 0.0718. The molecule has 0 aromatic rings. The summed E-state index contributed by atoms with van der Waals surface area (Å²) in [6.45, 7) is 6.46. The van der Waals surface area contributed by atoms with Gasteiger partial charge in [0.15, 0.2) is 0 Å². The van der Waals surface area contributed by atoms with Gasteiger partial charge in [-0.15, -0.1) is 0 Å². The second-order valence-electron chi connectivity index (χ2n) is 6.85. The van der Waals surface area contributed by atoms with Crippen molar-refractivity contribution in [3.8, 4) is 0 Å². The van der Waals surface area contributed by atoms with Crippen LogP contribution in [-0.2, 0) is 4.74 Å². The van der Waals surface area contributed by atoms with E-state index in [1.165, 1.54) is 19.3 Å². The van der Waals surface area contributed by atoms with Gasteiger partial charge in [-0.25, -0.2) is 4.79 Å². The highest BCUT2D eigenvalue weighted by atomic mass is 16.5.